The molecule has 2 aromatic carbocycles. The van der Waals surface area contributed by atoms with Crippen molar-refractivity contribution >= 4 is 21.8 Å². The van der Waals surface area contributed by atoms with Crippen LogP contribution >= 0.6 is 0 Å². The highest BCUT2D eigenvalue weighted by Crippen LogP contribution is 2.31. The Labute approximate surface area is 106 Å². The molecule has 2 heteroatoms. The zero-order valence-corrected chi connectivity index (χ0v) is 10.3. The predicted molar refractivity (Wildman–Crippen MR) is 75.9 cm³/mol. The molecule has 3 aromatic rings. The number of rotatable bonds is 3. The first-order valence-corrected chi connectivity index (χ1v) is 6.21. The van der Waals surface area contributed by atoms with E-state index in [-0.39, 0.29) is 0 Å². The Bertz CT molecular complexity index is 709. The normalized spacial score (nSPS) is 11.6. The van der Waals surface area contributed by atoms with Crippen LogP contribution in [0.4, 0.5) is 0 Å². The fourth-order valence-corrected chi connectivity index (χ4v) is 2.16. The number of aromatic nitrogens is 1. The number of hydrogen-bond donors (Lipinski definition) is 1. The van der Waals surface area contributed by atoms with E-state index in [1.165, 1.54) is 10.8 Å². The average Bonchev–Trinajstić information content (AvgIpc) is 2.79. The monoisotopic (exact) mass is 237 g/mol. The number of aromatic amines is 1. The van der Waals surface area contributed by atoms with Crippen LogP contribution in [-0.2, 0) is 0 Å². The van der Waals surface area contributed by atoms with E-state index in [9.17, 15) is 0 Å². The van der Waals surface area contributed by atoms with Gasteiger partial charge in [0.2, 0.25) is 0 Å². The molecule has 0 saturated heterocycles. The summed E-state index contributed by atoms with van der Waals surface area (Å²) in [6.45, 7) is 2.09. The molecule has 1 heterocycles. The van der Waals surface area contributed by atoms with Gasteiger partial charge < -0.3 is 9.72 Å². The van der Waals surface area contributed by atoms with Gasteiger partial charge in [-0.2, -0.15) is 0 Å². The van der Waals surface area contributed by atoms with Crippen molar-refractivity contribution in [1.82, 2.24) is 4.98 Å². The van der Waals surface area contributed by atoms with Gasteiger partial charge in [0.1, 0.15) is 0 Å². The minimum absolute atomic E-state index is 0.869. The van der Waals surface area contributed by atoms with Crippen LogP contribution in [0.5, 0.6) is 5.75 Å². The molecule has 1 N–H and O–H groups in total. The quantitative estimate of drug-likeness (QED) is 0.660. The van der Waals surface area contributed by atoms with Crippen molar-refractivity contribution in [3.05, 3.63) is 54.8 Å². The fourth-order valence-electron chi connectivity index (χ4n) is 2.16. The van der Waals surface area contributed by atoms with E-state index in [1.54, 1.807) is 6.26 Å². The van der Waals surface area contributed by atoms with Gasteiger partial charge in [-0.25, -0.2) is 0 Å². The van der Waals surface area contributed by atoms with E-state index < -0.39 is 0 Å². The Morgan fingerprint density at radius 2 is 1.89 bits per heavy atom. The molecule has 0 saturated carbocycles. The Morgan fingerprint density at radius 1 is 1.06 bits per heavy atom. The topological polar surface area (TPSA) is 25.0 Å². The van der Waals surface area contributed by atoms with Gasteiger partial charge in [-0.3, -0.25) is 0 Å². The lowest BCUT2D eigenvalue weighted by atomic mass is 10.1. The summed E-state index contributed by atoms with van der Waals surface area (Å²) in [5.41, 5.74) is 2.20. The summed E-state index contributed by atoms with van der Waals surface area (Å²) in [5, 5.41) is 2.44. The van der Waals surface area contributed by atoms with Gasteiger partial charge in [-0.1, -0.05) is 37.3 Å². The minimum Gasteiger partial charge on any atom is -0.463 e. The lowest BCUT2D eigenvalue weighted by Gasteiger charge is -2.01. The van der Waals surface area contributed by atoms with E-state index in [2.05, 4.69) is 36.2 Å². The number of nitrogens with one attached hydrogen (secondary N) is 1. The molecule has 0 fully saturated rings. The molecule has 0 radical (unpaired) electrons. The molecule has 0 aliphatic heterocycles. The fraction of sp³-hybridized carbons (Fsp3) is 0.125. The molecule has 1 aromatic heterocycles. The van der Waals surface area contributed by atoms with Crippen LogP contribution < -0.4 is 4.74 Å². The number of fused-ring (bicyclic) bond motifs is 3. The number of allylic oxidation sites excluding steroid dienone is 1. The summed E-state index contributed by atoms with van der Waals surface area (Å²) in [4.78, 5) is 3.41. The number of H-pyrrole nitrogens is 1. The zero-order chi connectivity index (χ0) is 12.4. The molecule has 0 aliphatic carbocycles. The van der Waals surface area contributed by atoms with Crippen molar-refractivity contribution in [3.8, 4) is 5.75 Å². The number of hydrogen-bond acceptors (Lipinski definition) is 1. The number of ether oxygens (including phenoxy) is 1. The molecular weight excluding hydrogens is 222 g/mol. The van der Waals surface area contributed by atoms with Crippen molar-refractivity contribution in [2.75, 3.05) is 0 Å². The van der Waals surface area contributed by atoms with Gasteiger partial charge in [0.05, 0.1) is 11.8 Å². The van der Waals surface area contributed by atoms with Crippen LogP contribution in [0, 0.1) is 0 Å². The first kappa shape index (κ1) is 10.9. The zero-order valence-electron chi connectivity index (χ0n) is 10.3. The first-order valence-electron chi connectivity index (χ1n) is 6.21. The largest absolute Gasteiger partial charge is 0.463 e. The summed E-state index contributed by atoms with van der Waals surface area (Å²) in [6, 6.07) is 14.4. The molecule has 0 unspecified atom stereocenters. The maximum Gasteiger partial charge on any atom is 0.150 e. The molecular formula is C16H15NO. The summed E-state index contributed by atoms with van der Waals surface area (Å²) in [7, 11) is 0. The van der Waals surface area contributed by atoms with Crippen LogP contribution in [0.3, 0.4) is 0 Å². The van der Waals surface area contributed by atoms with E-state index in [0.29, 0.717) is 0 Å². The third-order valence-electron chi connectivity index (χ3n) is 3.03. The minimum atomic E-state index is 0.869. The van der Waals surface area contributed by atoms with Gasteiger partial charge in [0, 0.05) is 16.3 Å². The first-order chi connectivity index (χ1) is 8.90. The third-order valence-corrected chi connectivity index (χ3v) is 3.03. The van der Waals surface area contributed by atoms with Crippen molar-refractivity contribution in [2.24, 2.45) is 0 Å². The van der Waals surface area contributed by atoms with Crippen LogP contribution in [-0.4, -0.2) is 4.98 Å². The second-order valence-electron chi connectivity index (χ2n) is 4.25. The van der Waals surface area contributed by atoms with Crippen molar-refractivity contribution < 1.29 is 4.74 Å². The molecule has 0 atom stereocenters. The van der Waals surface area contributed by atoms with Crippen LogP contribution in [0.2, 0.25) is 0 Å². The highest BCUT2D eigenvalue weighted by Gasteiger charge is 2.07. The van der Waals surface area contributed by atoms with E-state index in [1.807, 2.05) is 24.3 Å². The van der Waals surface area contributed by atoms with Gasteiger partial charge >= 0.3 is 0 Å². The van der Waals surface area contributed by atoms with E-state index in [4.69, 9.17) is 4.74 Å². The molecule has 90 valence electrons. The second-order valence-corrected chi connectivity index (χ2v) is 4.25. The second kappa shape index (κ2) is 4.57. The maximum absolute atomic E-state index is 5.68. The summed E-state index contributed by atoms with van der Waals surface area (Å²) < 4.78 is 5.68. The van der Waals surface area contributed by atoms with Gasteiger partial charge in [-0.15, -0.1) is 0 Å². The van der Waals surface area contributed by atoms with Crippen LogP contribution in [0.25, 0.3) is 21.8 Å². The van der Waals surface area contributed by atoms with E-state index >= 15 is 0 Å². The molecule has 3 rings (SSSR count). The Hall–Kier alpha value is -2.22. The highest BCUT2D eigenvalue weighted by molar-refractivity contribution is 6.09. The molecule has 2 nitrogen and oxygen atoms in total. The van der Waals surface area contributed by atoms with Gasteiger partial charge in [-0.05, 0) is 24.6 Å². The van der Waals surface area contributed by atoms with E-state index in [0.717, 1.165) is 23.2 Å². The summed E-state index contributed by atoms with van der Waals surface area (Å²) in [6.07, 6.45) is 4.73. The molecule has 0 aliphatic rings. The number of benzene rings is 2. The standard InChI is InChI=1S/C16H15NO/c1-2-3-11-18-15-10-6-8-13-12-7-4-5-9-14(12)17-16(13)15/h3-11,17H,2H2,1H3. The van der Waals surface area contributed by atoms with Crippen LogP contribution in [0.15, 0.2) is 54.8 Å². The third kappa shape index (κ3) is 1.76. The molecule has 18 heavy (non-hydrogen) atoms. The Morgan fingerprint density at radius 3 is 2.78 bits per heavy atom. The highest BCUT2D eigenvalue weighted by atomic mass is 16.5. The van der Waals surface area contributed by atoms with Crippen molar-refractivity contribution in [3.63, 3.8) is 0 Å². The van der Waals surface area contributed by atoms with Gasteiger partial charge in [0.25, 0.3) is 0 Å². The molecule has 0 bridgehead atoms. The van der Waals surface area contributed by atoms with Crippen molar-refractivity contribution in [1.29, 1.82) is 0 Å². The smallest absolute Gasteiger partial charge is 0.150 e. The Kier molecular flexibility index (Phi) is 2.77. The molecule has 0 amide bonds. The lowest BCUT2D eigenvalue weighted by molar-refractivity contribution is 0.484. The van der Waals surface area contributed by atoms with Gasteiger partial charge in [0.15, 0.2) is 5.75 Å². The average molecular weight is 237 g/mol. The maximum atomic E-state index is 5.68. The van der Waals surface area contributed by atoms with Crippen LogP contribution in [0.1, 0.15) is 13.3 Å². The number of para-hydroxylation sites is 2. The summed E-state index contributed by atoms with van der Waals surface area (Å²) >= 11 is 0. The summed E-state index contributed by atoms with van der Waals surface area (Å²) in [5.74, 6) is 0.869. The Balaban J connectivity index is 2.18. The van der Waals surface area contributed by atoms with Crippen molar-refractivity contribution in [2.45, 2.75) is 13.3 Å². The predicted octanol–water partition coefficient (Wildman–Crippen LogP) is 4.62. The lowest BCUT2D eigenvalue weighted by Crippen LogP contribution is -1.83. The SMILES string of the molecule is CCC=COc1cccc2c1[nH]c1ccccc12. The molecule has 0 spiro atoms.